The monoisotopic (exact) mass is 653 g/mol. The Labute approximate surface area is 285 Å². The summed E-state index contributed by atoms with van der Waals surface area (Å²) in [5, 5.41) is 12.5. The van der Waals surface area contributed by atoms with Crippen LogP contribution in [0.4, 0.5) is 11.6 Å². The summed E-state index contributed by atoms with van der Waals surface area (Å²) in [6.07, 6.45) is 7.03. The lowest BCUT2D eigenvalue weighted by atomic mass is 10.0. The van der Waals surface area contributed by atoms with Gasteiger partial charge < -0.3 is 15.8 Å². The Morgan fingerprint density at radius 2 is 1.73 bits per heavy atom. The number of nitriles is 1. The van der Waals surface area contributed by atoms with E-state index in [-0.39, 0.29) is 5.82 Å². The van der Waals surface area contributed by atoms with Crippen LogP contribution in [-0.4, -0.2) is 65.1 Å². The van der Waals surface area contributed by atoms with Crippen LogP contribution < -0.4 is 15.8 Å². The number of nitrogen functional groups attached to an aromatic ring is 1. The van der Waals surface area contributed by atoms with Crippen molar-refractivity contribution in [3.8, 4) is 40.3 Å². The molecule has 0 amide bonds. The molecule has 3 N–H and O–H groups in total. The molecule has 1 aliphatic rings. The van der Waals surface area contributed by atoms with E-state index in [0.717, 1.165) is 60.5 Å². The highest BCUT2D eigenvalue weighted by molar-refractivity contribution is 5.84. The van der Waals surface area contributed by atoms with Gasteiger partial charge in [-0.15, -0.1) is 0 Å². The number of likely N-dealkylation sites (tertiary alicyclic amines) is 1. The SMILES string of the molecule is CC.CCOc1ccc(-c2ccc3nc(-c4cccnc4N)n(-c4ccc(CN5CCC(Nc6ccnc(C#N)n6)CC5)cc4)c3n2)cn1. The van der Waals surface area contributed by atoms with Crippen molar-refractivity contribution in [2.45, 2.75) is 46.2 Å². The molecule has 12 nitrogen and oxygen atoms in total. The van der Waals surface area contributed by atoms with Gasteiger partial charge >= 0.3 is 0 Å². The summed E-state index contributed by atoms with van der Waals surface area (Å²) in [6.45, 7) is 9.25. The summed E-state index contributed by atoms with van der Waals surface area (Å²) in [7, 11) is 0. The second-order valence-corrected chi connectivity index (χ2v) is 11.3. The summed E-state index contributed by atoms with van der Waals surface area (Å²) in [6, 6.07) is 24.2. The zero-order valence-corrected chi connectivity index (χ0v) is 27.9. The Balaban J connectivity index is 0.00000205. The van der Waals surface area contributed by atoms with Gasteiger partial charge in [0.15, 0.2) is 11.5 Å². The summed E-state index contributed by atoms with van der Waals surface area (Å²) >= 11 is 0. The Bertz CT molecular complexity index is 2040. The molecule has 0 bridgehead atoms. The van der Waals surface area contributed by atoms with Gasteiger partial charge in [-0.2, -0.15) is 5.26 Å². The summed E-state index contributed by atoms with van der Waals surface area (Å²) in [5.74, 6) is 2.53. The zero-order chi connectivity index (χ0) is 34.2. The number of nitrogens with zero attached hydrogens (tertiary/aromatic N) is 9. The summed E-state index contributed by atoms with van der Waals surface area (Å²) in [4.78, 5) is 29.4. The van der Waals surface area contributed by atoms with Crippen molar-refractivity contribution in [2.75, 3.05) is 30.7 Å². The van der Waals surface area contributed by atoms with Crippen LogP contribution in [0.25, 0.3) is 39.5 Å². The third-order valence-corrected chi connectivity index (χ3v) is 8.20. The van der Waals surface area contributed by atoms with Crippen LogP contribution in [0, 0.1) is 11.3 Å². The molecule has 6 heterocycles. The molecule has 6 aromatic rings. The van der Waals surface area contributed by atoms with Gasteiger partial charge in [-0.1, -0.05) is 26.0 Å². The van der Waals surface area contributed by atoms with E-state index in [9.17, 15) is 0 Å². The summed E-state index contributed by atoms with van der Waals surface area (Å²) in [5.41, 5.74) is 12.3. The van der Waals surface area contributed by atoms with Gasteiger partial charge in [-0.25, -0.2) is 29.9 Å². The Morgan fingerprint density at radius 3 is 2.45 bits per heavy atom. The molecule has 0 aliphatic carbocycles. The number of aromatic nitrogens is 7. The average molecular weight is 654 g/mol. The molecule has 1 aromatic carbocycles. The lowest BCUT2D eigenvalue weighted by molar-refractivity contribution is 0.211. The lowest BCUT2D eigenvalue weighted by Crippen LogP contribution is -2.38. The number of pyridine rings is 3. The first-order valence-electron chi connectivity index (χ1n) is 16.6. The highest BCUT2D eigenvalue weighted by atomic mass is 16.5. The van der Waals surface area contributed by atoms with Crippen LogP contribution in [0.1, 0.15) is 45.0 Å². The number of hydrogen-bond donors (Lipinski definition) is 2. The maximum absolute atomic E-state index is 9.08. The molecule has 0 unspecified atom stereocenters. The van der Waals surface area contributed by atoms with Crippen LogP contribution in [0.5, 0.6) is 5.88 Å². The summed E-state index contributed by atoms with van der Waals surface area (Å²) < 4.78 is 7.56. The van der Waals surface area contributed by atoms with Crippen LogP contribution in [0.3, 0.4) is 0 Å². The molecule has 1 fully saturated rings. The maximum atomic E-state index is 9.08. The van der Waals surface area contributed by atoms with Gasteiger partial charge in [-0.05, 0) is 73.9 Å². The van der Waals surface area contributed by atoms with Gasteiger partial charge in [0.05, 0.1) is 17.9 Å². The van der Waals surface area contributed by atoms with Crippen molar-refractivity contribution >= 4 is 22.8 Å². The standard InChI is InChI=1S/C35H33N11O.C2H6/c1-2-47-32-12-7-24(21-40-32)28-10-11-29-35(42-28)46(34(43-29)27-4-3-16-39-33(27)37)26-8-5-23(6-9-26)22-45-18-14-25(15-19-45)41-30-13-17-38-31(20-36)44-30;1-2/h3-13,16-17,21,25H,2,14-15,18-19,22H2,1H3,(H2,37,39)(H,38,41,44);1-2H3. The highest BCUT2D eigenvalue weighted by Crippen LogP contribution is 2.32. The first-order chi connectivity index (χ1) is 24.1. The first-order valence-corrected chi connectivity index (χ1v) is 16.6. The zero-order valence-electron chi connectivity index (χ0n) is 27.9. The van der Waals surface area contributed by atoms with Crippen molar-refractivity contribution in [3.63, 3.8) is 0 Å². The average Bonchev–Trinajstić information content (AvgIpc) is 3.53. The quantitative estimate of drug-likeness (QED) is 0.181. The van der Waals surface area contributed by atoms with Gasteiger partial charge in [0.25, 0.3) is 0 Å². The number of ether oxygens (including phenoxy) is 1. The molecule has 49 heavy (non-hydrogen) atoms. The minimum atomic E-state index is 0.178. The third-order valence-electron chi connectivity index (χ3n) is 8.20. The number of piperidine rings is 1. The third kappa shape index (κ3) is 7.47. The second kappa shape index (κ2) is 15.3. The fourth-order valence-corrected chi connectivity index (χ4v) is 5.86. The minimum Gasteiger partial charge on any atom is -0.478 e. The van der Waals surface area contributed by atoms with E-state index in [2.05, 4.69) is 54.4 Å². The van der Waals surface area contributed by atoms with Crippen molar-refractivity contribution in [3.05, 3.63) is 96.7 Å². The molecule has 0 radical (unpaired) electrons. The number of anilines is 2. The Kier molecular flexibility index (Phi) is 10.3. The van der Waals surface area contributed by atoms with Crippen LogP contribution >= 0.6 is 0 Å². The molecule has 248 valence electrons. The lowest BCUT2D eigenvalue weighted by Gasteiger charge is -2.32. The highest BCUT2D eigenvalue weighted by Gasteiger charge is 2.21. The van der Waals surface area contributed by atoms with Crippen LogP contribution in [0.2, 0.25) is 0 Å². The molecule has 1 saturated heterocycles. The van der Waals surface area contributed by atoms with Gasteiger partial charge in [-0.3, -0.25) is 9.47 Å². The molecule has 0 atom stereocenters. The predicted octanol–water partition coefficient (Wildman–Crippen LogP) is 6.29. The number of hydrogen-bond acceptors (Lipinski definition) is 11. The molecule has 0 spiro atoms. The minimum absolute atomic E-state index is 0.178. The number of fused-ring (bicyclic) bond motifs is 1. The van der Waals surface area contributed by atoms with E-state index in [1.807, 2.05) is 67.8 Å². The van der Waals surface area contributed by atoms with E-state index >= 15 is 0 Å². The van der Waals surface area contributed by atoms with E-state index in [4.69, 9.17) is 25.7 Å². The number of benzene rings is 1. The second-order valence-electron chi connectivity index (χ2n) is 11.3. The van der Waals surface area contributed by atoms with Gasteiger partial charge in [0.1, 0.15) is 23.2 Å². The predicted molar refractivity (Wildman–Crippen MR) is 191 cm³/mol. The van der Waals surface area contributed by atoms with Crippen molar-refractivity contribution in [1.82, 2.24) is 39.4 Å². The van der Waals surface area contributed by atoms with E-state index in [1.165, 1.54) is 5.56 Å². The van der Waals surface area contributed by atoms with E-state index in [1.54, 1.807) is 24.7 Å². The van der Waals surface area contributed by atoms with Crippen LogP contribution in [-0.2, 0) is 6.54 Å². The fourth-order valence-electron chi connectivity index (χ4n) is 5.86. The van der Waals surface area contributed by atoms with E-state index < -0.39 is 0 Å². The Hall–Kier alpha value is -5.93. The van der Waals surface area contributed by atoms with Crippen molar-refractivity contribution in [2.24, 2.45) is 0 Å². The van der Waals surface area contributed by atoms with E-state index in [0.29, 0.717) is 41.6 Å². The number of nitrogens with one attached hydrogen (secondary N) is 1. The van der Waals surface area contributed by atoms with Crippen molar-refractivity contribution in [1.29, 1.82) is 5.26 Å². The van der Waals surface area contributed by atoms with Gasteiger partial charge in [0.2, 0.25) is 11.7 Å². The van der Waals surface area contributed by atoms with Crippen molar-refractivity contribution < 1.29 is 4.74 Å². The van der Waals surface area contributed by atoms with Gasteiger partial charge in [0, 0.05) is 61.6 Å². The number of rotatable bonds is 9. The molecular formula is C37H39N11O. The molecule has 0 saturated carbocycles. The van der Waals surface area contributed by atoms with Crippen LogP contribution in [0.15, 0.2) is 85.3 Å². The Morgan fingerprint density at radius 1 is 0.918 bits per heavy atom. The number of nitrogens with two attached hydrogens (primary N) is 1. The largest absolute Gasteiger partial charge is 0.478 e. The molecule has 5 aromatic heterocycles. The fraction of sp³-hybridized carbons (Fsp3) is 0.270. The number of imidazole rings is 1. The molecule has 7 rings (SSSR count). The first kappa shape index (κ1) is 33.0. The smallest absolute Gasteiger partial charge is 0.234 e. The normalized spacial score (nSPS) is 13.3. The molecular weight excluding hydrogens is 614 g/mol. The molecule has 12 heteroatoms. The maximum Gasteiger partial charge on any atom is 0.234 e. The topological polar surface area (TPSA) is 157 Å². The molecule has 1 aliphatic heterocycles.